The molecule has 150 valence electrons. The number of allylic oxidation sites excluding steroid dienone is 2. The van der Waals surface area contributed by atoms with Crippen LogP contribution in [0.1, 0.15) is 33.3 Å². The minimum atomic E-state index is -2.36. The fraction of sp³-hybridized carbons (Fsp3) is 0.0667. The van der Waals surface area contributed by atoms with Gasteiger partial charge in [0.1, 0.15) is 8.07 Å². The molecule has 2 atom stereocenters. The molecule has 0 spiro atoms. The van der Waals surface area contributed by atoms with E-state index in [-0.39, 0.29) is 18.9 Å². The molecule has 0 aliphatic heterocycles. The molecule has 32 heavy (non-hydrogen) atoms. The van der Waals surface area contributed by atoms with E-state index in [1.807, 2.05) is 0 Å². The Kier molecular flexibility index (Phi) is 5.66. The summed E-state index contributed by atoms with van der Waals surface area (Å²) in [5.41, 5.74) is 6.45. The third-order valence-electron chi connectivity index (χ3n) is 7.08. The van der Waals surface area contributed by atoms with Crippen molar-refractivity contribution in [2.45, 2.75) is 11.1 Å². The van der Waals surface area contributed by atoms with Crippen molar-refractivity contribution < 1.29 is 0 Å². The monoisotopic (exact) mass is 420 g/mol. The summed E-state index contributed by atoms with van der Waals surface area (Å²) >= 11 is 0. The van der Waals surface area contributed by atoms with Crippen molar-refractivity contribution in [3.05, 3.63) is 144 Å². The van der Waals surface area contributed by atoms with Crippen molar-refractivity contribution in [1.82, 2.24) is 0 Å². The van der Waals surface area contributed by atoms with E-state index in [1.165, 1.54) is 32.6 Å². The maximum atomic E-state index is 2.49. The van der Waals surface area contributed by atoms with Crippen LogP contribution in [-0.4, -0.2) is 26.9 Å². The molecule has 0 fully saturated rings. The first-order chi connectivity index (χ1) is 15.4. The molecule has 0 saturated heterocycles. The van der Waals surface area contributed by atoms with Crippen LogP contribution in [0.15, 0.2) is 121 Å². The van der Waals surface area contributed by atoms with Gasteiger partial charge >= 0.3 is 18.9 Å². The Morgan fingerprint density at radius 1 is 0.438 bits per heavy atom. The van der Waals surface area contributed by atoms with E-state index in [2.05, 4.69) is 133 Å². The number of hydrogen-bond acceptors (Lipinski definition) is 0. The van der Waals surface area contributed by atoms with Gasteiger partial charge in [-0.25, -0.2) is 0 Å². The van der Waals surface area contributed by atoms with Crippen LogP contribution in [-0.2, 0) is 0 Å². The van der Waals surface area contributed by atoms with Crippen molar-refractivity contribution in [3.63, 3.8) is 0 Å². The van der Waals surface area contributed by atoms with Gasteiger partial charge in [-0.15, -0.1) is 0 Å². The summed E-state index contributed by atoms with van der Waals surface area (Å²) in [4.78, 5) is 0. The van der Waals surface area contributed by atoms with E-state index in [1.54, 1.807) is 0 Å². The molecular formula is C30H25LiSi. The molecule has 6 rings (SSSR count). The maximum absolute atomic E-state index is 2.49. The summed E-state index contributed by atoms with van der Waals surface area (Å²) in [7, 11) is -2.36. The number of rotatable bonds is 4. The second kappa shape index (κ2) is 8.60. The first-order valence-electron chi connectivity index (χ1n) is 11.0. The Bertz CT molecular complexity index is 1190. The van der Waals surface area contributed by atoms with Crippen molar-refractivity contribution in [2.24, 2.45) is 0 Å². The van der Waals surface area contributed by atoms with Gasteiger partial charge in [-0.2, -0.15) is 0 Å². The van der Waals surface area contributed by atoms with E-state index >= 15 is 0 Å². The van der Waals surface area contributed by atoms with Gasteiger partial charge < -0.3 is 0 Å². The number of hydrogen-bond donors (Lipinski definition) is 0. The van der Waals surface area contributed by atoms with Crippen LogP contribution in [0.2, 0.25) is 0 Å². The van der Waals surface area contributed by atoms with Crippen LogP contribution in [0, 0.1) is 0 Å². The zero-order valence-corrected chi connectivity index (χ0v) is 18.4. The van der Waals surface area contributed by atoms with E-state index in [9.17, 15) is 0 Å². The Hall–Kier alpha value is -2.83. The normalized spacial score (nSPS) is 18.1. The zero-order valence-electron chi connectivity index (χ0n) is 17.4. The number of fused-ring (bicyclic) bond motifs is 2. The van der Waals surface area contributed by atoms with Crippen LogP contribution < -0.4 is 10.4 Å². The SMILES string of the molecule is C1=CC([Si](c2ccccc2)(c2ccccc2)C2C=Cc3ccccc32)c2ccccc21.[LiH]. The van der Waals surface area contributed by atoms with Gasteiger partial charge in [0.25, 0.3) is 0 Å². The summed E-state index contributed by atoms with van der Waals surface area (Å²) < 4.78 is 0. The Labute approximate surface area is 203 Å². The summed E-state index contributed by atoms with van der Waals surface area (Å²) in [6.45, 7) is 0. The van der Waals surface area contributed by atoms with Crippen molar-refractivity contribution in [1.29, 1.82) is 0 Å². The van der Waals surface area contributed by atoms with Gasteiger partial charge in [-0.3, -0.25) is 0 Å². The average Bonchev–Trinajstić information content (AvgIpc) is 3.47. The molecule has 0 nitrogen and oxygen atoms in total. The predicted molar refractivity (Wildman–Crippen MR) is 141 cm³/mol. The standard InChI is InChI=1S/C30H24Si.Li.H/c1-3-13-25(14-4-1)31(26-15-5-2-6-16-26,29-21-19-23-11-7-9-17-27(23)29)30-22-20-24-12-8-10-18-28(24)30;;/h1-22,29-30H;;. The Morgan fingerprint density at radius 2 is 0.812 bits per heavy atom. The zero-order chi connectivity index (χ0) is 20.7. The van der Waals surface area contributed by atoms with Gasteiger partial charge in [-0.05, 0) is 22.3 Å². The molecule has 2 unspecified atom stereocenters. The second-order valence-corrected chi connectivity index (χ2v) is 12.7. The fourth-order valence-electron chi connectivity index (χ4n) is 5.80. The summed E-state index contributed by atoms with van der Waals surface area (Å²) in [6, 6.07) is 40.6. The molecule has 4 aromatic carbocycles. The average molecular weight is 421 g/mol. The van der Waals surface area contributed by atoms with Crippen LogP contribution in [0.25, 0.3) is 12.2 Å². The fourth-order valence-corrected chi connectivity index (χ4v) is 11.8. The van der Waals surface area contributed by atoms with Crippen LogP contribution in [0.5, 0.6) is 0 Å². The van der Waals surface area contributed by atoms with E-state index in [0.717, 1.165) is 0 Å². The quantitative estimate of drug-likeness (QED) is 0.393. The van der Waals surface area contributed by atoms with Gasteiger partial charge in [0.2, 0.25) is 0 Å². The Morgan fingerprint density at radius 3 is 1.25 bits per heavy atom. The van der Waals surface area contributed by atoms with E-state index in [4.69, 9.17) is 0 Å². The van der Waals surface area contributed by atoms with Gasteiger partial charge in [0.05, 0.1) is 0 Å². The molecule has 2 aliphatic carbocycles. The summed E-state index contributed by atoms with van der Waals surface area (Å²) in [5.74, 6) is 0. The van der Waals surface area contributed by atoms with E-state index < -0.39 is 8.07 Å². The van der Waals surface area contributed by atoms with Crippen LogP contribution >= 0.6 is 0 Å². The molecule has 0 saturated carbocycles. The van der Waals surface area contributed by atoms with Crippen molar-refractivity contribution >= 4 is 49.5 Å². The molecule has 0 N–H and O–H groups in total. The Balaban J connectivity index is 0.00000216. The molecule has 0 heterocycles. The molecule has 4 aromatic rings. The third kappa shape index (κ3) is 3.13. The first-order valence-corrected chi connectivity index (χ1v) is 13.2. The van der Waals surface area contributed by atoms with Crippen molar-refractivity contribution in [3.8, 4) is 0 Å². The van der Waals surface area contributed by atoms with Gasteiger partial charge in [-0.1, -0.05) is 144 Å². The van der Waals surface area contributed by atoms with Crippen LogP contribution in [0.4, 0.5) is 0 Å². The minimum absolute atomic E-state index is 0. The first kappa shape index (κ1) is 21.0. The van der Waals surface area contributed by atoms with Crippen molar-refractivity contribution in [2.75, 3.05) is 0 Å². The van der Waals surface area contributed by atoms with Crippen LogP contribution in [0.3, 0.4) is 0 Å². The second-order valence-electron chi connectivity index (χ2n) is 8.53. The molecule has 0 radical (unpaired) electrons. The molecule has 0 amide bonds. The third-order valence-corrected chi connectivity index (χ3v) is 12.6. The molecule has 2 aliphatic rings. The molecular weight excluding hydrogens is 395 g/mol. The summed E-state index contributed by atoms with van der Waals surface area (Å²) in [6.07, 6.45) is 9.67. The van der Waals surface area contributed by atoms with Gasteiger partial charge in [0, 0.05) is 11.1 Å². The molecule has 0 bridgehead atoms. The topological polar surface area (TPSA) is 0 Å². The van der Waals surface area contributed by atoms with Gasteiger partial charge in [0.15, 0.2) is 0 Å². The molecule has 2 heteroatoms. The number of benzene rings is 4. The predicted octanol–water partition coefficient (Wildman–Crippen LogP) is 5.30. The summed E-state index contributed by atoms with van der Waals surface area (Å²) in [5, 5.41) is 3.00. The molecule has 0 aromatic heterocycles. The van der Waals surface area contributed by atoms with E-state index in [0.29, 0.717) is 11.1 Å².